The Labute approximate surface area is 81.5 Å². The summed E-state index contributed by atoms with van der Waals surface area (Å²) in [6.45, 7) is 9.75. The molecule has 0 heterocycles. The third-order valence-electron chi connectivity index (χ3n) is 2.24. The van der Waals surface area contributed by atoms with Gasteiger partial charge in [0.15, 0.2) is 0 Å². The van der Waals surface area contributed by atoms with Gasteiger partial charge in [0.1, 0.15) is 0 Å². The third kappa shape index (κ3) is 4.27. The Morgan fingerprint density at radius 1 is 1.38 bits per heavy atom. The highest BCUT2D eigenvalue weighted by molar-refractivity contribution is 5.78. The summed E-state index contributed by atoms with van der Waals surface area (Å²) in [5, 5.41) is 3.18. The number of amides is 1. The van der Waals surface area contributed by atoms with Crippen LogP contribution in [0.3, 0.4) is 0 Å². The lowest BCUT2D eigenvalue weighted by molar-refractivity contribution is -0.135. The van der Waals surface area contributed by atoms with Crippen molar-refractivity contribution < 1.29 is 4.79 Å². The zero-order chi connectivity index (χ0) is 10.4. The van der Waals surface area contributed by atoms with E-state index in [4.69, 9.17) is 0 Å². The normalized spacial score (nSPS) is 13.1. The number of nitrogens with one attached hydrogen (secondary N) is 1. The molecule has 0 saturated carbocycles. The van der Waals surface area contributed by atoms with Crippen LogP contribution in [0.5, 0.6) is 0 Å². The van der Waals surface area contributed by atoms with Crippen molar-refractivity contribution in [3.05, 3.63) is 0 Å². The molecule has 1 atom stereocenters. The van der Waals surface area contributed by atoms with E-state index in [1.165, 1.54) is 0 Å². The number of hydrogen-bond acceptors (Lipinski definition) is 2. The van der Waals surface area contributed by atoms with E-state index in [0.717, 1.165) is 13.1 Å². The first-order valence-corrected chi connectivity index (χ1v) is 4.98. The van der Waals surface area contributed by atoms with Crippen LogP contribution in [0.2, 0.25) is 0 Å². The Bertz CT molecular complexity index is 157. The molecule has 0 radical (unpaired) electrons. The van der Waals surface area contributed by atoms with Gasteiger partial charge in [-0.25, -0.2) is 0 Å². The van der Waals surface area contributed by atoms with Crippen LogP contribution in [0.4, 0.5) is 0 Å². The minimum absolute atomic E-state index is 0.0762. The van der Waals surface area contributed by atoms with Crippen molar-refractivity contribution in [1.82, 2.24) is 10.2 Å². The number of carbonyl (C=O) groups excluding carboxylic acids is 1. The molecule has 1 unspecified atom stereocenters. The lowest BCUT2D eigenvalue weighted by Gasteiger charge is -2.25. The Morgan fingerprint density at radius 3 is 2.31 bits per heavy atom. The van der Waals surface area contributed by atoms with Crippen molar-refractivity contribution in [3.8, 4) is 0 Å². The summed E-state index contributed by atoms with van der Waals surface area (Å²) in [4.78, 5) is 13.5. The van der Waals surface area contributed by atoms with Gasteiger partial charge in [0.25, 0.3) is 0 Å². The maximum Gasteiger partial charge on any atom is 0.226 e. The Morgan fingerprint density at radius 2 is 1.92 bits per heavy atom. The lowest BCUT2D eigenvalue weighted by atomic mass is 10.1. The maximum absolute atomic E-state index is 11.7. The van der Waals surface area contributed by atoms with Gasteiger partial charge >= 0.3 is 0 Å². The van der Waals surface area contributed by atoms with E-state index in [1.54, 1.807) is 4.90 Å². The molecule has 0 aliphatic carbocycles. The van der Waals surface area contributed by atoms with Gasteiger partial charge in [-0.15, -0.1) is 0 Å². The number of hydrogen-bond donors (Lipinski definition) is 1. The van der Waals surface area contributed by atoms with Crippen molar-refractivity contribution in [2.45, 2.75) is 33.7 Å². The molecule has 0 aliphatic rings. The predicted octanol–water partition coefficient (Wildman–Crippen LogP) is 1.10. The van der Waals surface area contributed by atoms with Crippen LogP contribution in [-0.2, 0) is 4.79 Å². The number of nitrogens with zero attached hydrogens (tertiary/aromatic N) is 1. The van der Waals surface area contributed by atoms with Crippen LogP contribution in [0.1, 0.15) is 27.7 Å². The first-order valence-electron chi connectivity index (χ1n) is 4.98. The average molecular weight is 186 g/mol. The van der Waals surface area contributed by atoms with E-state index in [2.05, 4.69) is 5.32 Å². The fraction of sp³-hybridized carbons (Fsp3) is 0.900. The molecule has 1 amide bonds. The molecule has 13 heavy (non-hydrogen) atoms. The molecule has 0 saturated heterocycles. The minimum atomic E-state index is 0.0762. The van der Waals surface area contributed by atoms with Crippen molar-refractivity contribution in [2.75, 3.05) is 20.1 Å². The van der Waals surface area contributed by atoms with Gasteiger partial charge in [-0.05, 0) is 20.4 Å². The molecule has 0 aromatic heterocycles. The molecule has 0 bridgehead atoms. The quantitative estimate of drug-likeness (QED) is 0.697. The molecule has 1 N–H and O–H groups in total. The molecule has 0 rings (SSSR count). The third-order valence-corrected chi connectivity index (χ3v) is 2.24. The molecule has 78 valence electrons. The van der Waals surface area contributed by atoms with E-state index >= 15 is 0 Å². The van der Waals surface area contributed by atoms with Crippen molar-refractivity contribution in [3.63, 3.8) is 0 Å². The standard InChI is InChI=1S/C10H22N2O/c1-6-11-7-9(4)10(13)12(5)8(2)3/h8-9,11H,6-7H2,1-5H3. The smallest absolute Gasteiger partial charge is 0.226 e. The second-order valence-corrected chi connectivity index (χ2v) is 3.75. The fourth-order valence-electron chi connectivity index (χ4n) is 1.05. The fourth-order valence-corrected chi connectivity index (χ4v) is 1.05. The first kappa shape index (κ1) is 12.4. The van der Waals surface area contributed by atoms with E-state index in [0.29, 0.717) is 0 Å². The molecule has 0 aromatic carbocycles. The Kier molecular flexibility index (Phi) is 5.71. The van der Waals surface area contributed by atoms with Crippen LogP contribution < -0.4 is 5.32 Å². The van der Waals surface area contributed by atoms with Crippen LogP contribution in [0, 0.1) is 5.92 Å². The van der Waals surface area contributed by atoms with Gasteiger partial charge < -0.3 is 10.2 Å². The largest absolute Gasteiger partial charge is 0.343 e. The van der Waals surface area contributed by atoms with Gasteiger partial charge in [0.05, 0.1) is 0 Å². The predicted molar refractivity (Wildman–Crippen MR) is 55.6 cm³/mol. The Balaban J connectivity index is 3.94. The van der Waals surface area contributed by atoms with Crippen molar-refractivity contribution in [2.24, 2.45) is 5.92 Å². The first-order chi connectivity index (χ1) is 6.00. The van der Waals surface area contributed by atoms with Gasteiger partial charge in [0.2, 0.25) is 5.91 Å². The summed E-state index contributed by atoms with van der Waals surface area (Å²) in [6, 6.07) is 0.288. The van der Waals surface area contributed by atoms with Crippen LogP contribution >= 0.6 is 0 Å². The van der Waals surface area contributed by atoms with Crippen LogP contribution in [0.15, 0.2) is 0 Å². The highest BCUT2D eigenvalue weighted by atomic mass is 16.2. The molecular weight excluding hydrogens is 164 g/mol. The second kappa shape index (κ2) is 5.97. The zero-order valence-corrected chi connectivity index (χ0v) is 9.42. The molecule has 0 fully saturated rings. The number of carbonyl (C=O) groups is 1. The monoisotopic (exact) mass is 186 g/mol. The van der Waals surface area contributed by atoms with Crippen molar-refractivity contribution >= 4 is 5.91 Å². The second-order valence-electron chi connectivity index (χ2n) is 3.75. The summed E-state index contributed by atoms with van der Waals surface area (Å²) >= 11 is 0. The molecule has 3 heteroatoms. The summed E-state index contributed by atoms with van der Waals surface area (Å²) in [7, 11) is 1.86. The van der Waals surface area contributed by atoms with Crippen LogP contribution in [0.25, 0.3) is 0 Å². The molecule has 0 aliphatic heterocycles. The SMILES string of the molecule is CCNCC(C)C(=O)N(C)C(C)C. The maximum atomic E-state index is 11.7. The van der Waals surface area contributed by atoms with Gasteiger partial charge in [0, 0.05) is 25.6 Å². The van der Waals surface area contributed by atoms with Gasteiger partial charge in [-0.2, -0.15) is 0 Å². The minimum Gasteiger partial charge on any atom is -0.343 e. The molecule has 3 nitrogen and oxygen atoms in total. The average Bonchev–Trinajstić information content (AvgIpc) is 2.11. The summed E-state index contributed by atoms with van der Waals surface area (Å²) in [5.74, 6) is 0.295. The topological polar surface area (TPSA) is 32.3 Å². The summed E-state index contributed by atoms with van der Waals surface area (Å²) in [6.07, 6.45) is 0. The Hall–Kier alpha value is -0.570. The summed E-state index contributed by atoms with van der Waals surface area (Å²) < 4.78 is 0. The van der Waals surface area contributed by atoms with E-state index in [1.807, 2.05) is 34.7 Å². The lowest BCUT2D eigenvalue weighted by Crippen LogP contribution is -2.40. The van der Waals surface area contributed by atoms with Gasteiger partial charge in [-0.3, -0.25) is 4.79 Å². The van der Waals surface area contributed by atoms with Crippen molar-refractivity contribution in [1.29, 1.82) is 0 Å². The zero-order valence-electron chi connectivity index (χ0n) is 9.42. The van der Waals surface area contributed by atoms with E-state index in [9.17, 15) is 4.79 Å². The highest BCUT2D eigenvalue weighted by Crippen LogP contribution is 2.03. The molecule has 0 spiro atoms. The summed E-state index contributed by atoms with van der Waals surface area (Å²) in [5.41, 5.74) is 0. The van der Waals surface area contributed by atoms with E-state index < -0.39 is 0 Å². The number of rotatable bonds is 5. The van der Waals surface area contributed by atoms with E-state index in [-0.39, 0.29) is 17.9 Å². The molecule has 0 aromatic rings. The van der Waals surface area contributed by atoms with Crippen LogP contribution in [-0.4, -0.2) is 37.0 Å². The van der Waals surface area contributed by atoms with Gasteiger partial charge in [-0.1, -0.05) is 13.8 Å². The molecular formula is C10H22N2O. The highest BCUT2D eigenvalue weighted by Gasteiger charge is 2.18.